The number of benzene rings is 1. The first-order chi connectivity index (χ1) is 9.40. The van der Waals surface area contributed by atoms with Crippen molar-refractivity contribution in [1.82, 2.24) is 10.6 Å². The van der Waals surface area contributed by atoms with Gasteiger partial charge in [-0.25, -0.2) is 4.79 Å². The topological polar surface area (TPSA) is 122 Å². The molecular weight excluding hydrogens is 262 g/mol. The molecule has 0 bridgehead atoms. The summed E-state index contributed by atoms with van der Waals surface area (Å²) in [5.41, 5.74) is 6.27. The van der Waals surface area contributed by atoms with E-state index < -0.39 is 23.9 Å². The number of carbonyl (C=O) groups is 3. The zero-order chi connectivity index (χ0) is 15.1. The van der Waals surface area contributed by atoms with Crippen LogP contribution in [0.15, 0.2) is 24.3 Å². The molecule has 0 fully saturated rings. The lowest BCUT2D eigenvalue weighted by atomic mass is 10.0. The Balaban J connectivity index is 2.63. The van der Waals surface area contributed by atoms with Gasteiger partial charge >= 0.3 is 12.0 Å². The second-order valence-electron chi connectivity index (χ2n) is 4.29. The molecule has 1 aromatic carbocycles. The SMILES string of the molecule is CC(NC(N)=O)C(=O)NCc1ccccc1CC(=O)O. The molecule has 1 unspecified atom stereocenters. The Morgan fingerprint density at radius 2 is 1.85 bits per heavy atom. The minimum absolute atomic E-state index is 0.110. The minimum Gasteiger partial charge on any atom is -0.481 e. The van der Waals surface area contributed by atoms with Crippen LogP contribution in [-0.2, 0) is 22.6 Å². The normalized spacial score (nSPS) is 11.4. The van der Waals surface area contributed by atoms with Crippen molar-refractivity contribution in [2.45, 2.75) is 25.9 Å². The molecule has 7 heteroatoms. The fraction of sp³-hybridized carbons (Fsp3) is 0.308. The third kappa shape index (κ3) is 4.97. The molecule has 7 nitrogen and oxygen atoms in total. The average Bonchev–Trinajstić information content (AvgIpc) is 2.35. The molecule has 0 aliphatic rings. The van der Waals surface area contributed by atoms with Crippen molar-refractivity contribution < 1.29 is 19.5 Å². The quantitative estimate of drug-likeness (QED) is 0.585. The number of hydrogen-bond donors (Lipinski definition) is 4. The Morgan fingerprint density at radius 3 is 2.40 bits per heavy atom. The van der Waals surface area contributed by atoms with Gasteiger partial charge in [0, 0.05) is 6.54 Å². The van der Waals surface area contributed by atoms with Crippen molar-refractivity contribution in [2.24, 2.45) is 5.73 Å². The highest BCUT2D eigenvalue weighted by Gasteiger charge is 2.14. The first kappa shape index (κ1) is 15.5. The van der Waals surface area contributed by atoms with Crippen molar-refractivity contribution in [3.05, 3.63) is 35.4 Å². The van der Waals surface area contributed by atoms with Gasteiger partial charge in [-0.3, -0.25) is 9.59 Å². The molecule has 1 rings (SSSR count). The molecule has 1 atom stereocenters. The fourth-order valence-corrected chi connectivity index (χ4v) is 1.68. The Labute approximate surface area is 116 Å². The van der Waals surface area contributed by atoms with Gasteiger partial charge in [0.25, 0.3) is 0 Å². The summed E-state index contributed by atoms with van der Waals surface area (Å²) in [7, 11) is 0. The number of carbonyl (C=O) groups excluding carboxylic acids is 2. The summed E-state index contributed by atoms with van der Waals surface area (Å²) in [5.74, 6) is -1.33. The van der Waals surface area contributed by atoms with Gasteiger partial charge in [0.1, 0.15) is 6.04 Å². The Kier molecular flexibility index (Phi) is 5.52. The summed E-state index contributed by atoms with van der Waals surface area (Å²) < 4.78 is 0. The van der Waals surface area contributed by atoms with E-state index in [0.29, 0.717) is 5.56 Å². The van der Waals surface area contributed by atoms with Crippen LogP contribution in [0.3, 0.4) is 0 Å². The maximum atomic E-state index is 11.7. The van der Waals surface area contributed by atoms with Gasteiger partial charge in [-0.1, -0.05) is 24.3 Å². The molecule has 1 aromatic rings. The molecule has 0 saturated heterocycles. The number of nitrogens with one attached hydrogen (secondary N) is 2. The lowest BCUT2D eigenvalue weighted by Gasteiger charge is -2.14. The molecule has 0 spiro atoms. The molecule has 108 valence electrons. The van der Waals surface area contributed by atoms with E-state index in [0.717, 1.165) is 5.56 Å². The first-order valence-corrected chi connectivity index (χ1v) is 6.02. The number of hydrogen-bond acceptors (Lipinski definition) is 3. The van der Waals surface area contributed by atoms with Gasteiger partial charge in [-0.15, -0.1) is 0 Å². The number of carboxylic acid groups (broad SMARTS) is 1. The predicted octanol–water partition coefficient (Wildman–Crippen LogP) is -0.0133. The Hall–Kier alpha value is -2.57. The molecule has 0 radical (unpaired) electrons. The van der Waals surface area contributed by atoms with Crippen LogP contribution in [-0.4, -0.2) is 29.1 Å². The highest BCUT2D eigenvalue weighted by atomic mass is 16.4. The molecule has 0 aliphatic carbocycles. The number of carboxylic acids is 1. The predicted molar refractivity (Wildman–Crippen MR) is 71.8 cm³/mol. The van der Waals surface area contributed by atoms with E-state index >= 15 is 0 Å². The van der Waals surface area contributed by atoms with Crippen LogP contribution in [0.25, 0.3) is 0 Å². The molecule has 0 saturated carbocycles. The number of primary amides is 1. The van der Waals surface area contributed by atoms with E-state index in [2.05, 4.69) is 10.6 Å². The van der Waals surface area contributed by atoms with E-state index in [-0.39, 0.29) is 13.0 Å². The second-order valence-corrected chi connectivity index (χ2v) is 4.29. The minimum atomic E-state index is -0.937. The largest absolute Gasteiger partial charge is 0.481 e. The second kappa shape index (κ2) is 7.13. The van der Waals surface area contributed by atoms with Crippen molar-refractivity contribution in [1.29, 1.82) is 0 Å². The number of rotatable bonds is 6. The molecule has 20 heavy (non-hydrogen) atoms. The standard InChI is InChI=1S/C13H17N3O4/c1-8(16-13(14)20)12(19)15-7-10-5-3-2-4-9(10)6-11(17)18/h2-5,8H,6-7H2,1H3,(H,15,19)(H,17,18)(H3,14,16,20). The van der Waals surface area contributed by atoms with Gasteiger partial charge in [0.2, 0.25) is 5.91 Å². The molecular formula is C13H17N3O4. The van der Waals surface area contributed by atoms with E-state index in [1.165, 1.54) is 6.92 Å². The maximum Gasteiger partial charge on any atom is 0.312 e. The first-order valence-electron chi connectivity index (χ1n) is 6.02. The maximum absolute atomic E-state index is 11.7. The smallest absolute Gasteiger partial charge is 0.312 e. The lowest BCUT2D eigenvalue weighted by Crippen LogP contribution is -2.46. The highest BCUT2D eigenvalue weighted by Crippen LogP contribution is 2.09. The summed E-state index contributed by atoms with van der Waals surface area (Å²) >= 11 is 0. The monoisotopic (exact) mass is 279 g/mol. The number of amides is 3. The van der Waals surface area contributed by atoms with Crippen LogP contribution < -0.4 is 16.4 Å². The Morgan fingerprint density at radius 1 is 1.25 bits per heavy atom. The molecule has 5 N–H and O–H groups in total. The molecule has 3 amide bonds. The van der Waals surface area contributed by atoms with Gasteiger partial charge in [-0.2, -0.15) is 0 Å². The van der Waals surface area contributed by atoms with Crippen LogP contribution in [0.2, 0.25) is 0 Å². The van der Waals surface area contributed by atoms with Gasteiger partial charge in [-0.05, 0) is 18.1 Å². The van der Waals surface area contributed by atoms with Gasteiger partial charge in [0.05, 0.1) is 6.42 Å². The van der Waals surface area contributed by atoms with Crippen molar-refractivity contribution in [2.75, 3.05) is 0 Å². The summed E-state index contributed by atoms with van der Waals surface area (Å²) in [6.45, 7) is 1.69. The van der Waals surface area contributed by atoms with Crippen LogP contribution in [0.5, 0.6) is 0 Å². The molecule has 0 heterocycles. The van der Waals surface area contributed by atoms with Crippen molar-refractivity contribution >= 4 is 17.9 Å². The summed E-state index contributed by atoms with van der Waals surface area (Å²) in [6, 6.07) is 5.41. The number of nitrogens with two attached hydrogens (primary N) is 1. The van der Waals surface area contributed by atoms with E-state index in [9.17, 15) is 14.4 Å². The lowest BCUT2D eigenvalue weighted by molar-refractivity contribution is -0.136. The van der Waals surface area contributed by atoms with Crippen LogP contribution >= 0.6 is 0 Å². The number of urea groups is 1. The van der Waals surface area contributed by atoms with Gasteiger partial charge < -0.3 is 21.5 Å². The average molecular weight is 279 g/mol. The fourth-order valence-electron chi connectivity index (χ4n) is 1.68. The molecule has 0 aliphatic heterocycles. The zero-order valence-corrected chi connectivity index (χ0v) is 11.1. The number of aliphatic carboxylic acids is 1. The van der Waals surface area contributed by atoms with Crippen molar-refractivity contribution in [3.8, 4) is 0 Å². The van der Waals surface area contributed by atoms with Crippen LogP contribution in [0.4, 0.5) is 4.79 Å². The summed E-state index contributed by atoms with van der Waals surface area (Å²) in [5, 5.41) is 13.7. The zero-order valence-electron chi connectivity index (χ0n) is 11.1. The van der Waals surface area contributed by atoms with E-state index in [1.807, 2.05) is 0 Å². The van der Waals surface area contributed by atoms with Crippen LogP contribution in [0.1, 0.15) is 18.1 Å². The highest BCUT2D eigenvalue weighted by molar-refractivity contribution is 5.86. The van der Waals surface area contributed by atoms with Gasteiger partial charge in [0.15, 0.2) is 0 Å². The third-order valence-corrected chi connectivity index (χ3v) is 2.67. The van der Waals surface area contributed by atoms with E-state index in [1.54, 1.807) is 24.3 Å². The van der Waals surface area contributed by atoms with E-state index in [4.69, 9.17) is 10.8 Å². The summed E-state index contributed by atoms with van der Waals surface area (Å²) in [6.07, 6.45) is -0.110. The summed E-state index contributed by atoms with van der Waals surface area (Å²) in [4.78, 5) is 33.1. The van der Waals surface area contributed by atoms with Crippen LogP contribution in [0, 0.1) is 0 Å². The molecule has 0 aromatic heterocycles. The third-order valence-electron chi connectivity index (χ3n) is 2.67. The van der Waals surface area contributed by atoms with Crippen molar-refractivity contribution in [3.63, 3.8) is 0 Å². The Bertz CT molecular complexity index is 516.